The first kappa shape index (κ1) is 15.2. The van der Waals surface area contributed by atoms with E-state index in [0.717, 1.165) is 11.6 Å². The molecule has 2 aromatic rings. The third kappa shape index (κ3) is 2.50. The Morgan fingerprint density at radius 1 is 1.17 bits per heavy atom. The molecule has 0 aromatic heterocycles. The second kappa shape index (κ2) is 5.94. The average Bonchev–Trinajstić information content (AvgIpc) is 3.20. The van der Waals surface area contributed by atoms with Crippen LogP contribution in [0.2, 0.25) is 5.02 Å². The lowest BCUT2D eigenvalue weighted by atomic mass is 9.83. The summed E-state index contributed by atoms with van der Waals surface area (Å²) in [5, 5.41) is 0.760. The molecule has 1 aliphatic carbocycles. The van der Waals surface area contributed by atoms with E-state index in [2.05, 4.69) is 49.4 Å². The molecule has 1 saturated carbocycles. The number of benzene rings is 2. The first-order valence-corrected chi connectivity index (χ1v) is 8.67. The fraction of sp³-hybridized carbons (Fsp3) is 0.400. The van der Waals surface area contributed by atoms with Gasteiger partial charge in [-0.15, -0.1) is 0 Å². The van der Waals surface area contributed by atoms with E-state index in [1.165, 1.54) is 17.5 Å². The average molecular weight is 329 g/mol. The zero-order chi connectivity index (χ0) is 15.9. The van der Waals surface area contributed by atoms with Gasteiger partial charge in [0.1, 0.15) is 0 Å². The smallest absolute Gasteiger partial charge is 0.0913 e. The van der Waals surface area contributed by atoms with Crippen molar-refractivity contribution in [3.63, 3.8) is 0 Å². The highest BCUT2D eigenvalue weighted by atomic mass is 35.5. The van der Waals surface area contributed by atoms with Crippen LogP contribution in [0.1, 0.15) is 36.7 Å². The Morgan fingerprint density at radius 2 is 1.91 bits per heavy atom. The van der Waals surface area contributed by atoms with Crippen LogP contribution in [0.3, 0.4) is 0 Å². The van der Waals surface area contributed by atoms with Crippen LogP contribution in [0.4, 0.5) is 0 Å². The van der Waals surface area contributed by atoms with Gasteiger partial charge in [0.15, 0.2) is 0 Å². The van der Waals surface area contributed by atoms with E-state index in [-0.39, 0.29) is 17.6 Å². The largest absolute Gasteiger partial charge is 0.373 e. The summed E-state index contributed by atoms with van der Waals surface area (Å²) in [6.07, 6.45) is 1.34. The van der Waals surface area contributed by atoms with Gasteiger partial charge in [-0.25, -0.2) is 0 Å². The van der Waals surface area contributed by atoms with Gasteiger partial charge in [0.2, 0.25) is 0 Å². The van der Waals surface area contributed by atoms with E-state index < -0.39 is 0 Å². The fourth-order valence-electron chi connectivity index (χ4n) is 4.13. The second-order valence-electron chi connectivity index (χ2n) is 6.52. The summed E-state index contributed by atoms with van der Waals surface area (Å²) in [7, 11) is 0. The van der Waals surface area contributed by atoms with Crippen molar-refractivity contribution in [2.75, 3.05) is 13.2 Å². The summed E-state index contributed by atoms with van der Waals surface area (Å²) in [6.45, 7) is 3.59. The van der Waals surface area contributed by atoms with Gasteiger partial charge < -0.3 is 9.47 Å². The van der Waals surface area contributed by atoms with E-state index in [4.69, 9.17) is 21.1 Å². The molecular weight excluding hydrogens is 308 g/mol. The minimum Gasteiger partial charge on any atom is -0.373 e. The van der Waals surface area contributed by atoms with E-state index in [1.807, 2.05) is 12.1 Å². The standard InChI is InChI=1S/C20H21ClO2/c1-2-22-18(15-8-10-17(21)11-9-15)20-12-16(20)13-23-19(20)14-6-4-3-5-7-14/h3-11,16,18-19H,2,12-13H2,1H3/t16-,18-,19+,20-/m1/s1. The Bertz CT molecular complexity index is 670. The van der Waals surface area contributed by atoms with Gasteiger partial charge >= 0.3 is 0 Å². The molecular formula is C20H21ClO2. The Kier molecular flexibility index (Phi) is 3.92. The minimum absolute atomic E-state index is 0.0578. The van der Waals surface area contributed by atoms with Crippen molar-refractivity contribution in [2.45, 2.75) is 25.6 Å². The monoisotopic (exact) mass is 328 g/mol. The SMILES string of the molecule is CCO[C@H](c1ccc(Cl)cc1)[C@@]12C[C@@H]1CO[C@H]2c1ccccc1. The van der Waals surface area contributed by atoms with Crippen molar-refractivity contribution in [3.05, 3.63) is 70.7 Å². The predicted molar refractivity (Wildman–Crippen MR) is 91.5 cm³/mol. The summed E-state index contributed by atoms with van der Waals surface area (Å²) in [5.74, 6) is 0.583. The molecule has 120 valence electrons. The minimum atomic E-state index is 0.0578. The molecule has 0 bridgehead atoms. The Balaban J connectivity index is 1.71. The number of hydrogen-bond acceptors (Lipinski definition) is 2. The van der Waals surface area contributed by atoms with Crippen LogP contribution in [-0.2, 0) is 9.47 Å². The molecule has 0 radical (unpaired) electrons. The van der Waals surface area contributed by atoms with Gasteiger partial charge in [-0.3, -0.25) is 0 Å². The molecule has 23 heavy (non-hydrogen) atoms. The van der Waals surface area contributed by atoms with Crippen LogP contribution in [0.25, 0.3) is 0 Å². The highest BCUT2D eigenvalue weighted by Gasteiger charge is 2.69. The quantitative estimate of drug-likeness (QED) is 0.751. The first-order chi connectivity index (χ1) is 11.3. The maximum Gasteiger partial charge on any atom is 0.0913 e. The normalized spacial score (nSPS) is 30.0. The Hall–Kier alpha value is -1.35. The summed E-state index contributed by atoms with van der Waals surface area (Å²) in [6, 6.07) is 18.6. The van der Waals surface area contributed by atoms with Crippen LogP contribution in [0.5, 0.6) is 0 Å². The predicted octanol–water partition coefficient (Wildman–Crippen LogP) is 5.20. The van der Waals surface area contributed by atoms with Crippen molar-refractivity contribution in [1.29, 1.82) is 0 Å². The van der Waals surface area contributed by atoms with Crippen molar-refractivity contribution >= 4 is 11.6 Å². The van der Waals surface area contributed by atoms with E-state index in [9.17, 15) is 0 Å². The van der Waals surface area contributed by atoms with Crippen LogP contribution in [0, 0.1) is 11.3 Å². The highest BCUT2D eigenvalue weighted by molar-refractivity contribution is 6.30. The van der Waals surface area contributed by atoms with Crippen molar-refractivity contribution in [3.8, 4) is 0 Å². The molecule has 4 rings (SSSR count). The molecule has 0 unspecified atom stereocenters. The number of ether oxygens (including phenoxy) is 2. The van der Waals surface area contributed by atoms with E-state index in [1.54, 1.807) is 0 Å². The molecule has 0 N–H and O–H groups in total. The van der Waals surface area contributed by atoms with Gasteiger partial charge in [0, 0.05) is 17.0 Å². The topological polar surface area (TPSA) is 18.5 Å². The van der Waals surface area contributed by atoms with Crippen LogP contribution < -0.4 is 0 Å². The molecule has 4 atom stereocenters. The molecule has 0 amide bonds. The lowest BCUT2D eigenvalue weighted by Crippen LogP contribution is -2.24. The zero-order valence-corrected chi connectivity index (χ0v) is 14.0. The van der Waals surface area contributed by atoms with Crippen LogP contribution in [0.15, 0.2) is 54.6 Å². The van der Waals surface area contributed by atoms with Crippen LogP contribution >= 0.6 is 11.6 Å². The lowest BCUT2D eigenvalue weighted by Gasteiger charge is -2.31. The molecule has 1 aliphatic heterocycles. The van der Waals surface area contributed by atoms with Crippen molar-refractivity contribution in [2.24, 2.45) is 11.3 Å². The van der Waals surface area contributed by atoms with Gasteiger partial charge in [-0.2, -0.15) is 0 Å². The number of halogens is 1. The van der Waals surface area contributed by atoms with Gasteiger partial charge in [-0.1, -0.05) is 54.1 Å². The fourth-order valence-corrected chi connectivity index (χ4v) is 4.26. The molecule has 1 saturated heterocycles. The molecule has 2 aliphatic rings. The third-order valence-corrected chi connectivity index (χ3v) is 5.50. The zero-order valence-electron chi connectivity index (χ0n) is 13.2. The van der Waals surface area contributed by atoms with Gasteiger partial charge in [-0.05, 0) is 42.5 Å². The highest BCUT2D eigenvalue weighted by Crippen LogP contribution is 2.72. The summed E-state index contributed by atoms with van der Waals surface area (Å²) < 4.78 is 12.4. The number of rotatable bonds is 5. The molecule has 0 spiro atoms. The first-order valence-electron chi connectivity index (χ1n) is 8.29. The summed E-state index contributed by atoms with van der Waals surface area (Å²) in [4.78, 5) is 0. The molecule has 3 heteroatoms. The number of fused-ring (bicyclic) bond motifs is 1. The molecule has 2 fully saturated rings. The van der Waals surface area contributed by atoms with Gasteiger partial charge in [0.25, 0.3) is 0 Å². The molecule has 2 aromatic carbocycles. The second-order valence-corrected chi connectivity index (χ2v) is 6.96. The summed E-state index contributed by atoms with van der Waals surface area (Å²) in [5.41, 5.74) is 2.52. The van der Waals surface area contributed by atoms with Crippen LogP contribution in [-0.4, -0.2) is 13.2 Å². The maximum absolute atomic E-state index is 6.23. The van der Waals surface area contributed by atoms with Crippen molar-refractivity contribution in [1.82, 2.24) is 0 Å². The summed E-state index contributed by atoms with van der Waals surface area (Å²) >= 11 is 6.06. The third-order valence-electron chi connectivity index (χ3n) is 5.25. The van der Waals surface area contributed by atoms with E-state index in [0.29, 0.717) is 12.5 Å². The molecule has 2 nitrogen and oxygen atoms in total. The van der Waals surface area contributed by atoms with Crippen molar-refractivity contribution < 1.29 is 9.47 Å². The maximum atomic E-state index is 6.23. The van der Waals surface area contributed by atoms with Gasteiger partial charge in [0.05, 0.1) is 18.8 Å². The molecule has 1 heterocycles. The lowest BCUT2D eigenvalue weighted by molar-refractivity contribution is -0.0465. The Labute approximate surface area is 142 Å². The Morgan fingerprint density at radius 3 is 2.57 bits per heavy atom. The van der Waals surface area contributed by atoms with E-state index >= 15 is 0 Å². The number of hydrogen-bond donors (Lipinski definition) is 0.